The summed E-state index contributed by atoms with van der Waals surface area (Å²) in [5, 5.41) is 18.8. The standard InChI is InChI=1S/C18H23N3O/c1-18(2,3)15-7-6-8-16(17(15)22)20-19-13-9-11-14(12-10-13)21(4)5/h6-12,22H,1-5H3. The molecule has 0 amide bonds. The first kappa shape index (κ1) is 16.0. The SMILES string of the molecule is CN(C)c1ccc(N=Nc2cccc(C(C)(C)C)c2O)cc1. The van der Waals surface area contributed by atoms with Crippen molar-refractivity contribution in [3.05, 3.63) is 48.0 Å². The largest absolute Gasteiger partial charge is 0.505 e. The molecule has 2 rings (SSSR count). The summed E-state index contributed by atoms with van der Waals surface area (Å²) in [6.45, 7) is 6.18. The Hall–Kier alpha value is -2.36. The summed E-state index contributed by atoms with van der Waals surface area (Å²) in [6.07, 6.45) is 0. The molecule has 0 spiro atoms. The number of phenols is 1. The van der Waals surface area contributed by atoms with Crippen LogP contribution in [0, 0.1) is 0 Å². The third-order valence-corrected chi connectivity index (χ3v) is 3.46. The van der Waals surface area contributed by atoms with Gasteiger partial charge in [0.1, 0.15) is 11.4 Å². The molecule has 22 heavy (non-hydrogen) atoms. The van der Waals surface area contributed by atoms with Crippen LogP contribution in [0.5, 0.6) is 5.75 Å². The molecule has 0 saturated heterocycles. The second kappa shape index (κ2) is 6.18. The Morgan fingerprint density at radius 2 is 1.55 bits per heavy atom. The topological polar surface area (TPSA) is 48.2 Å². The average molecular weight is 297 g/mol. The predicted molar refractivity (Wildman–Crippen MR) is 91.8 cm³/mol. The molecule has 2 aromatic carbocycles. The maximum atomic E-state index is 10.4. The molecule has 4 heteroatoms. The van der Waals surface area contributed by atoms with E-state index < -0.39 is 0 Å². The molecule has 0 heterocycles. The third-order valence-electron chi connectivity index (χ3n) is 3.46. The number of phenolic OH excluding ortho intramolecular Hbond substituents is 1. The molecule has 0 bridgehead atoms. The Morgan fingerprint density at radius 1 is 0.909 bits per heavy atom. The Kier molecular flexibility index (Phi) is 4.50. The molecule has 0 aromatic heterocycles. The van der Waals surface area contributed by atoms with Gasteiger partial charge in [-0.15, -0.1) is 5.11 Å². The van der Waals surface area contributed by atoms with Gasteiger partial charge >= 0.3 is 0 Å². The van der Waals surface area contributed by atoms with Crippen LogP contribution >= 0.6 is 0 Å². The summed E-state index contributed by atoms with van der Waals surface area (Å²) in [5.41, 5.74) is 3.09. The van der Waals surface area contributed by atoms with E-state index in [4.69, 9.17) is 0 Å². The summed E-state index contributed by atoms with van der Waals surface area (Å²) >= 11 is 0. The average Bonchev–Trinajstić information content (AvgIpc) is 2.45. The minimum atomic E-state index is -0.136. The van der Waals surface area contributed by atoms with Crippen molar-refractivity contribution in [1.29, 1.82) is 0 Å². The highest BCUT2D eigenvalue weighted by Crippen LogP contribution is 2.38. The van der Waals surface area contributed by atoms with Crippen LogP contribution in [0.4, 0.5) is 17.1 Å². The normalized spacial score (nSPS) is 11.9. The Balaban J connectivity index is 2.27. The van der Waals surface area contributed by atoms with Crippen LogP contribution in [0.2, 0.25) is 0 Å². The van der Waals surface area contributed by atoms with Gasteiger partial charge in [-0.25, -0.2) is 0 Å². The lowest BCUT2D eigenvalue weighted by atomic mass is 9.86. The lowest BCUT2D eigenvalue weighted by Gasteiger charge is -2.20. The van der Waals surface area contributed by atoms with Crippen LogP contribution in [-0.4, -0.2) is 19.2 Å². The van der Waals surface area contributed by atoms with Gasteiger partial charge < -0.3 is 10.0 Å². The summed E-state index contributed by atoms with van der Waals surface area (Å²) < 4.78 is 0. The van der Waals surface area contributed by atoms with E-state index in [1.807, 2.05) is 55.4 Å². The molecule has 0 saturated carbocycles. The molecule has 0 aliphatic heterocycles. The minimum absolute atomic E-state index is 0.136. The number of azo groups is 1. The van der Waals surface area contributed by atoms with E-state index >= 15 is 0 Å². The molecule has 116 valence electrons. The zero-order valence-corrected chi connectivity index (χ0v) is 13.8. The van der Waals surface area contributed by atoms with E-state index in [2.05, 4.69) is 31.0 Å². The second-order valence-corrected chi connectivity index (χ2v) is 6.53. The fraction of sp³-hybridized carbons (Fsp3) is 0.333. The maximum absolute atomic E-state index is 10.4. The van der Waals surface area contributed by atoms with Crippen LogP contribution in [0.1, 0.15) is 26.3 Å². The summed E-state index contributed by atoms with van der Waals surface area (Å²) in [6, 6.07) is 13.4. The minimum Gasteiger partial charge on any atom is -0.505 e. The van der Waals surface area contributed by atoms with Gasteiger partial charge in [-0.05, 0) is 35.7 Å². The number of anilines is 1. The zero-order chi connectivity index (χ0) is 16.3. The smallest absolute Gasteiger partial charge is 0.146 e. The second-order valence-electron chi connectivity index (χ2n) is 6.53. The van der Waals surface area contributed by atoms with Crippen LogP contribution in [0.3, 0.4) is 0 Å². The lowest BCUT2D eigenvalue weighted by Crippen LogP contribution is -2.10. The highest BCUT2D eigenvalue weighted by Gasteiger charge is 2.19. The molecule has 4 nitrogen and oxygen atoms in total. The first-order chi connectivity index (χ1) is 10.3. The summed E-state index contributed by atoms with van der Waals surface area (Å²) in [5.74, 6) is 0.198. The van der Waals surface area contributed by atoms with Crippen molar-refractivity contribution >= 4 is 17.1 Å². The van der Waals surface area contributed by atoms with Crippen molar-refractivity contribution in [2.45, 2.75) is 26.2 Å². The molecule has 0 aliphatic rings. The van der Waals surface area contributed by atoms with Gasteiger partial charge in [0.2, 0.25) is 0 Å². The molecule has 0 fully saturated rings. The summed E-state index contributed by atoms with van der Waals surface area (Å²) in [7, 11) is 3.99. The number of hydrogen-bond donors (Lipinski definition) is 1. The molecule has 2 aromatic rings. The van der Waals surface area contributed by atoms with Gasteiger partial charge in [-0.3, -0.25) is 0 Å². The first-order valence-corrected chi connectivity index (χ1v) is 7.30. The highest BCUT2D eigenvalue weighted by molar-refractivity contribution is 5.57. The Morgan fingerprint density at radius 3 is 2.09 bits per heavy atom. The Labute approximate surface area is 132 Å². The van der Waals surface area contributed by atoms with Crippen molar-refractivity contribution in [2.75, 3.05) is 19.0 Å². The molecule has 0 radical (unpaired) electrons. The maximum Gasteiger partial charge on any atom is 0.146 e. The van der Waals surface area contributed by atoms with Crippen molar-refractivity contribution in [3.63, 3.8) is 0 Å². The molecule has 0 aliphatic carbocycles. The van der Waals surface area contributed by atoms with Crippen molar-refractivity contribution in [2.24, 2.45) is 10.2 Å². The van der Waals surface area contributed by atoms with Crippen molar-refractivity contribution < 1.29 is 5.11 Å². The third kappa shape index (κ3) is 3.64. The van der Waals surface area contributed by atoms with E-state index in [0.29, 0.717) is 5.69 Å². The molecule has 0 unspecified atom stereocenters. The quantitative estimate of drug-likeness (QED) is 0.794. The summed E-state index contributed by atoms with van der Waals surface area (Å²) in [4.78, 5) is 2.03. The van der Waals surface area contributed by atoms with E-state index in [-0.39, 0.29) is 11.2 Å². The van der Waals surface area contributed by atoms with E-state index in [9.17, 15) is 5.11 Å². The number of benzene rings is 2. The number of nitrogens with zero attached hydrogens (tertiary/aromatic N) is 3. The monoisotopic (exact) mass is 297 g/mol. The van der Waals surface area contributed by atoms with Gasteiger partial charge in [0.25, 0.3) is 0 Å². The lowest BCUT2D eigenvalue weighted by molar-refractivity contribution is 0.448. The number of hydrogen-bond acceptors (Lipinski definition) is 4. The van der Waals surface area contributed by atoms with Gasteiger partial charge in [-0.1, -0.05) is 32.9 Å². The molecular weight excluding hydrogens is 274 g/mol. The zero-order valence-electron chi connectivity index (χ0n) is 13.8. The predicted octanol–water partition coefficient (Wildman–Crippen LogP) is 5.17. The van der Waals surface area contributed by atoms with Crippen molar-refractivity contribution in [3.8, 4) is 5.75 Å². The van der Waals surface area contributed by atoms with E-state index in [1.165, 1.54) is 0 Å². The number of rotatable bonds is 3. The van der Waals surface area contributed by atoms with Crippen LogP contribution in [0.25, 0.3) is 0 Å². The van der Waals surface area contributed by atoms with Gasteiger partial charge in [0.15, 0.2) is 0 Å². The first-order valence-electron chi connectivity index (χ1n) is 7.30. The van der Waals surface area contributed by atoms with Gasteiger partial charge in [0.05, 0.1) is 5.69 Å². The van der Waals surface area contributed by atoms with Crippen LogP contribution in [0.15, 0.2) is 52.7 Å². The highest BCUT2D eigenvalue weighted by atomic mass is 16.3. The number of para-hydroxylation sites is 1. The van der Waals surface area contributed by atoms with Crippen LogP contribution in [-0.2, 0) is 5.41 Å². The fourth-order valence-electron chi connectivity index (χ4n) is 2.15. The molecule has 1 N–H and O–H groups in total. The van der Waals surface area contributed by atoms with E-state index in [0.717, 1.165) is 16.9 Å². The fourth-order valence-corrected chi connectivity index (χ4v) is 2.15. The van der Waals surface area contributed by atoms with E-state index in [1.54, 1.807) is 6.07 Å². The van der Waals surface area contributed by atoms with Crippen LogP contribution < -0.4 is 4.90 Å². The van der Waals surface area contributed by atoms with Gasteiger partial charge in [-0.2, -0.15) is 5.11 Å². The van der Waals surface area contributed by atoms with Gasteiger partial charge in [0, 0.05) is 25.3 Å². The molecule has 0 atom stereocenters. The Bertz CT molecular complexity index is 668. The molecular formula is C18H23N3O. The number of aromatic hydroxyl groups is 1. The van der Waals surface area contributed by atoms with Crippen molar-refractivity contribution in [1.82, 2.24) is 0 Å².